The van der Waals surface area contributed by atoms with Crippen molar-refractivity contribution >= 4 is 29.7 Å². The standard InChI is InChI=1S/C23H27N3O3.ClH/c1-26-14-16-12-19(27)20(29-2)13-17(16)21(15-6-4-3-5-7-15)18(26)8-11-25-22(28)23(24)9-10-23;/h3-7,13-14,20H,8-12,24H2,1-2H3,(H,25,28);1H. The Bertz CT molecular complexity index is 932. The zero-order chi connectivity index (χ0) is 20.6. The van der Waals surface area contributed by atoms with E-state index in [9.17, 15) is 9.59 Å². The normalized spacial score (nSPS) is 21.9. The first-order valence-electron chi connectivity index (χ1n) is 10.0. The summed E-state index contributed by atoms with van der Waals surface area (Å²) in [6, 6.07) is 10.1. The number of carbonyl (C=O) groups excluding carboxylic acids is 2. The topological polar surface area (TPSA) is 84.7 Å². The maximum atomic E-state index is 12.4. The molecule has 7 heteroatoms. The lowest BCUT2D eigenvalue weighted by Gasteiger charge is -2.34. The van der Waals surface area contributed by atoms with E-state index in [1.165, 1.54) is 0 Å². The number of hydrogen-bond acceptors (Lipinski definition) is 5. The summed E-state index contributed by atoms with van der Waals surface area (Å²) in [6.07, 6.45) is 5.93. The van der Waals surface area contributed by atoms with Crippen LogP contribution >= 0.6 is 12.4 Å². The van der Waals surface area contributed by atoms with Crippen LogP contribution in [-0.2, 0) is 14.3 Å². The lowest BCUT2D eigenvalue weighted by molar-refractivity contribution is -0.126. The molecule has 1 fully saturated rings. The van der Waals surface area contributed by atoms with E-state index >= 15 is 0 Å². The highest BCUT2D eigenvalue weighted by molar-refractivity contribution is 5.97. The number of methoxy groups -OCH3 is 1. The average molecular weight is 430 g/mol. The van der Waals surface area contributed by atoms with Gasteiger partial charge in [-0.1, -0.05) is 30.3 Å². The molecule has 0 spiro atoms. The summed E-state index contributed by atoms with van der Waals surface area (Å²) >= 11 is 0. The Hall–Kier alpha value is -2.41. The smallest absolute Gasteiger partial charge is 0.240 e. The molecule has 1 saturated carbocycles. The third-order valence-corrected chi connectivity index (χ3v) is 5.88. The summed E-state index contributed by atoms with van der Waals surface area (Å²) in [5, 5.41) is 2.98. The first kappa shape index (κ1) is 22.3. The molecule has 0 saturated heterocycles. The molecule has 0 aromatic heterocycles. The van der Waals surface area contributed by atoms with Gasteiger partial charge in [0.2, 0.25) is 5.91 Å². The molecular formula is C23H28ClN3O3. The van der Waals surface area contributed by atoms with Crippen LogP contribution in [0, 0.1) is 0 Å². The van der Waals surface area contributed by atoms with Crippen molar-refractivity contribution < 1.29 is 14.3 Å². The molecule has 1 aromatic rings. The number of ether oxygens (including phenoxy) is 1. The van der Waals surface area contributed by atoms with Crippen LogP contribution in [0.2, 0.25) is 0 Å². The lowest BCUT2D eigenvalue weighted by Crippen LogP contribution is -2.43. The van der Waals surface area contributed by atoms with Gasteiger partial charge in [-0.15, -0.1) is 12.4 Å². The van der Waals surface area contributed by atoms with Crippen LogP contribution in [0.15, 0.2) is 59.5 Å². The van der Waals surface area contributed by atoms with Crippen LogP contribution < -0.4 is 11.1 Å². The number of Topliss-reactive ketones (excluding diaryl/α,β-unsaturated/α-hetero) is 1. The maximum Gasteiger partial charge on any atom is 0.240 e. The quantitative estimate of drug-likeness (QED) is 0.726. The molecule has 0 radical (unpaired) electrons. The van der Waals surface area contributed by atoms with Crippen molar-refractivity contribution in [2.24, 2.45) is 5.73 Å². The molecule has 160 valence electrons. The number of hydrogen-bond donors (Lipinski definition) is 2. The third-order valence-electron chi connectivity index (χ3n) is 5.88. The second-order valence-electron chi connectivity index (χ2n) is 7.99. The SMILES string of the molecule is COC1C=C2C(=CN(C)C(CCNC(=O)C3(N)CC3)=C2c2ccccc2)CC1=O.Cl. The molecule has 30 heavy (non-hydrogen) atoms. The van der Waals surface area contributed by atoms with Gasteiger partial charge < -0.3 is 20.7 Å². The van der Waals surface area contributed by atoms with Crippen molar-refractivity contribution in [1.82, 2.24) is 10.2 Å². The van der Waals surface area contributed by atoms with Gasteiger partial charge in [-0.2, -0.15) is 0 Å². The maximum absolute atomic E-state index is 12.4. The minimum atomic E-state index is -0.667. The van der Waals surface area contributed by atoms with E-state index in [1.54, 1.807) is 7.11 Å². The van der Waals surface area contributed by atoms with Crippen molar-refractivity contribution in [1.29, 1.82) is 0 Å². The number of fused-ring (bicyclic) bond motifs is 1. The number of rotatable bonds is 6. The van der Waals surface area contributed by atoms with Gasteiger partial charge in [0.25, 0.3) is 0 Å². The van der Waals surface area contributed by atoms with E-state index in [0.717, 1.165) is 40.8 Å². The molecule has 6 nitrogen and oxygen atoms in total. The Labute approximate surface area is 183 Å². The zero-order valence-electron chi connectivity index (χ0n) is 17.3. The highest BCUT2D eigenvalue weighted by atomic mass is 35.5. The highest BCUT2D eigenvalue weighted by Crippen LogP contribution is 2.41. The summed E-state index contributed by atoms with van der Waals surface area (Å²) in [5.74, 6) is -0.00678. The van der Waals surface area contributed by atoms with Gasteiger partial charge in [-0.05, 0) is 35.6 Å². The predicted octanol–water partition coefficient (Wildman–Crippen LogP) is 2.56. The Morgan fingerprint density at radius 3 is 2.63 bits per heavy atom. The highest BCUT2D eigenvalue weighted by Gasteiger charge is 2.45. The number of benzene rings is 1. The van der Waals surface area contributed by atoms with Gasteiger partial charge in [0, 0.05) is 51.0 Å². The summed E-state index contributed by atoms with van der Waals surface area (Å²) < 4.78 is 5.40. The van der Waals surface area contributed by atoms with Crippen molar-refractivity contribution in [3.8, 4) is 0 Å². The zero-order valence-corrected chi connectivity index (χ0v) is 18.1. The number of ketones is 1. The van der Waals surface area contributed by atoms with Crippen molar-refractivity contribution in [3.63, 3.8) is 0 Å². The number of nitrogens with one attached hydrogen (secondary N) is 1. The van der Waals surface area contributed by atoms with Gasteiger partial charge in [-0.25, -0.2) is 0 Å². The summed E-state index contributed by atoms with van der Waals surface area (Å²) in [4.78, 5) is 26.6. The van der Waals surface area contributed by atoms with E-state index in [2.05, 4.69) is 22.3 Å². The molecule has 1 aromatic carbocycles. The Morgan fingerprint density at radius 2 is 2.00 bits per heavy atom. The number of amides is 1. The molecule has 1 atom stereocenters. The molecule has 3 N–H and O–H groups in total. The molecule has 4 rings (SSSR count). The fourth-order valence-electron chi connectivity index (χ4n) is 4.00. The minimum Gasteiger partial charge on any atom is -0.370 e. The number of allylic oxidation sites excluding steroid dienone is 3. The number of carbonyl (C=O) groups is 2. The van der Waals surface area contributed by atoms with Crippen molar-refractivity contribution in [3.05, 3.63) is 65.0 Å². The summed E-state index contributed by atoms with van der Waals surface area (Å²) in [7, 11) is 3.55. The molecule has 1 heterocycles. The van der Waals surface area contributed by atoms with Gasteiger partial charge in [0.1, 0.15) is 6.10 Å². The van der Waals surface area contributed by atoms with Crippen LogP contribution in [0.5, 0.6) is 0 Å². The Balaban J connectivity index is 0.00000256. The van der Waals surface area contributed by atoms with E-state index in [4.69, 9.17) is 10.5 Å². The van der Waals surface area contributed by atoms with E-state index < -0.39 is 11.6 Å². The fraction of sp³-hybridized carbons (Fsp3) is 0.391. The van der Waals surface area contributed by atoms with Gasteiger partial charge >= 0.3 is 0 Å². The van der Waals surface area contributed by atoms with Gasteiger partial charge in [-0.3, -0.25) is 9.59 Å². The average Bonchev–Trinajstić information content (AvgIpc) is 3.47. The monoisotopic (exact) mass is 429 g/mol. The van der Waals surface area contributed by atoms with Crippen LogP contribution in [-0.4, -0.2) is 48.9 Å². The molecule has 1 unspecified atom stereocenters. The fourth-order valence-corrected chi connectivity index (χ4v) is 4.00. The number of nitrogens with two attached hydrogens (primary N) is 1. The summed E-state index contributed by atoms with van der Waals surface area (Å²) in [5.41, 5.74) is 10.6. The molecule has 2 aliphatic carbocycles. The molecule has 3 aliphatic rings. The molecular weight excluding hydrogens is 402 g/mol. The Morgan fingerprint density at radius 1 is 1.30 bits per heavy atom. The number of nitrogens with zero attached hydrogens (tertiary/aromatic N) is 1. The largest absolute Gasteiger partial charge is 0.370 e. The second-order valence-corrected chi connectivity index (χ2v) is 7.99. The second kappa shape index (κ2) is 8.76. The first-order valence-corrected chi connectivity index (χ1v) is 10.0. The van der Waals surface area contributed by atoms with Crippen LogP contribution in [0.25, 0.3) is 5.57 Å². The number of halogens is 1. The van der Waals surface area contributed by atoms with Crippen LogP contribution in [0.4, 0.5) is 0 Å². The van der Waals surface area contributed by atoms with Gasteiger partial charge in [0.15, 0.2) is 5.78 Å². The lowest BCUT2D eigenvalue weighted by atomic mass is 9.81. The molecule has 0 bridgehead atoms. The predicted molar refractivity (Wildman–Crippen MR) is 119 cm³/mol. The van der Waals surface area contributed by atoms with Crippen molar-refractivity contribution in [2.75, 3.05) is 20.7 Å². The minimum absolute atomic E-state index is 0. The van der Waals surface area contributed by atoms with E-state index in [0.29, 0.717) is 19.4 Å². The van der Waals surface area contributed by atoms with E-state index in [1.807, 2.05) is 37.5 Å². The molecule has 1 aliphatic heterocycles. The molecule has 1 amide bonds. The van der Waals surface area contributed by atoms with E-state index in [-0.39, 0.29) is 24.1 Å². The van der Waals surface area contributed by atoms with Crippen LogP contribution in [0.1, 0.15) is 31.2 Å². The third kappa shape index (κ3) is 4.21. The van der Waals surface area contributed by atoms with Crippen molar-refractivity contribution in [2.45, 2.75) is 37.3 Å². The van der Waals surface area contributed by atoms with Crippen LogP contribution in [0.3, 0.4) is 0 Å². The summed E-state index contributed by atoms with van der Waals surface area (Å²) in [6.45, 7) is 0.511. The Kier molecular flexibility index (Phi) is 6.50. The van der Waals surface area contributed by atoms with Gasteiger partial charge in [0.05, 0.1) is 5.54 Å². The first-order chi connectivity index (χ1) is 13.9.